The van der Waals surface area contributed by atoms with Crippen LogP contribution in [0.1, 0.15) is 12.5 Å². The van der Waals surface area contributed by atoms with Gasteiger partial charge in [-0.1, -0.05) is 122 Å². The maximum absolute atomic E-state index is 5.32. The Balaban J connectivity index is 0.00000105. The SMILES string of the molecule is C=c1cccc/c1=C(/C(C)=N/c1[nH]c2ccccc2c1-c1ccc2ccccc2c1)c1ccc2ccccc2c1.CSC. The number of nitrogens with one attached hydrogen (secondary N) is 1. The Morgan fingerprint density at radius 1 is 0.651 bits per heavy atom. The van der Waals surface area contributed by atoms with Crippen molar-refractivity contribution in [2.45, 2.75) is 6.92 Å². The van der Waals surface area contributed by atoms with Gasteiger partial charge in [-0.2, -0.15) is 11.8 Å². The summed E-state index contributed by atoms with van der Waals surface area (Å²) in [6, 6.07) is 47.0. The average Bonchev–Trinajstić information content (AvgIpc) is 3.40. The molecule has 0 aliphatic heterocycles. The average molecular weight is 575 g/mol. The third-order valence-corrected chi connectivity index (χ3v) is 7.69. The molecule has 3 heteroatoms. The zero-order chi connectivity index (χ0) is 29.8. The third-order valence-electron chi connectivity index (χ3n) is 7.69. The van der Waals surface area contributed by atoms with Crippen molar-refractivity contribution >= 4 is 67.9 Å². The van der Waals surface area contributed by atoms with Gasteiger partial charge in [0.2, 0.25) is 0 Å². The van der Waals surface area contributed by atoms with Crippen LogP contribution >= 0.6 is 11.8 Å². The lowest BCUT2D eigenvalue weighted by Crippen LogP contribution is -2.27. The molecule has 2 nitrogen and oxygen atoms in total. The Kier molecular flexibility index (Phi) is 8.26. The predicted molar refractivity (Wildman–Crippen MR) is 191 cm³/mol. The fraction of sp³-hybridized carbons (Fsp3) is 0.0750. The molecule has 0 fully saturated rings. The highest BCUT2D eigenvalue weighted by atomic mass is 32.2. The number of aromatic nitrogens is 1. The van der Waals surface area contributed by atoms with Crippen molar-refractivity contribution in [2.75, 3.05) is 12.5 Å². The van der Waals surface area contributed by atoms with Crippen molar-refractivity contribution in [3.8, 4) is 11.1 Å². The van der Waals surface area contributed by atoms with E-state index >= 15 is 0 Å². The first-order chi connectivity index (χ1) is 21.1. The van der Waals surface area contributed by atoms with Crippen molar-refractivity contribution < 1.29 is 0 Å². The minimum absolute atomic E-state index is 0.855. The van der Waals surface area contributed by atoms with E-state index in [4.69, 9.17) is 4.99 Å². The van der Waals surface area contributed by atoms with E-state index in [2.05, 4.69) is 146 Å². The molecule has 7 rings (SSSR count). The van der Waals surface area contributed by atoms with Gasteiger partial charge in [-0.05, 0) is 80.7 Å². The number of hydrogen-bond acceptors (Lipinski definition) is 2. The van der Waals surface area contributed by atoms with Crippen LogP contribution in [0.3, 0.4) is 0 Å². The quantitative estimate of drug-likeness (QED) is 0.208. The summed E-state index contributed by atoms with van der Waals surface area (Å²) in [6.45, 7) is 6.47. The highest BCUT2D eigenvalue weighted by Crippen LogP contribution is 2.39. The van der Waals surface area contributed by atoms with E-state index in [0.717, 1.165) is 55.1 Å². The summed E-state index contributed by atoms with van der Waals surface area (Å²) in [7, 11) is 0. The highest BCUT2D eigenvalue weighted by molar-refractivity contribution is 7.97. The third kappa shape index (κ3) is 5.77. The van der Waals surface area contributed by atoms with E-state index < -0.39 is 0 Å². The molecule has 0 unspecified atom stereocenters. The summed E-state index contributed by atoms with van der Waals surface area (Å²) in [6.07, 6.45) is 4.08. The number of nitrogens with zero attached hydrogens (tertiary/aromatic N) is 1. The van der Waals surface area contributed by atoms with Crippen molar-refractivity contribution in [2.24, 2.45) is 4.99 Å². The van der Waals surface area contributed by atoms with Crippen LogP contribution in [0.15, 0.2) is 138 Å². The fourth-order valence-corrected chi connectivity index (χ4v) is 5.74. The Morgan fingerprint density at radius 3 is 1.95 bits per heavy atom. The molecule has 43 heavy (non-hydrogen) atoms. The van der Waals surface area contributed by atoms with Crippen molar-refractivity contribution in [1.29, 1.82) is 0 Å². The van der Waals surface area contributed by atoms with Crippen LogP contribution in [-0.2, 0) is 0 Å². The second-order valence-corrected chi connectivity index (χ2v) is 11.5. The van der Waals surface area contributed by atoms with Gasteiger partial charge in [0.05, 0.1) is 0 Å². The predicted octanol–water partition coefficient (Wildman–Crippen LogP) is 9.52. The zero-order valence-electron chi connectivity index (χ0n) is 24.8. The summed E-state index contributed by atoms with van der Waals surface area (Å²) >= 11 is 1.75. The van der Waals surface area contributed by atoms with E-state index in [1.807, 2.05) is 18.6 Å². The Labute approximate surface area is 257 Å². The maximum atomic E-state index is 5.32. The van der Waals surface area contributed by atoms with Gasteiger partial charge in [-0.3, -0.25) is 0 Å². The second-order valence-electron chi connectivity index (χ2n) is 10.7. The molecule has 7 aromatic rings. The van der Waals surface area contributed by atoms with Crippen LogP contribution in [0.4, 0.5) is 5.82 Å². The molecule has 0 bridgehead atoms. The summed E-state index contributed by atoms with van der Waals surface area (Å²) < 4.78 is 0. The molecule has 0 atom stereocenters. The molecule has 1 heterocycles. The molecular weight excluding hydrogens is 541 g/mol. The number of H-pyrrole nitrogens is 1. The van der Waals surface area contributed by atoms with Crippen LogP contribution in [0.2, 0.25) is 0 Å². The van der Waals surface area contributed by atoms with Crippen LogP contribution in [0.5, 0.6) is 0 Å². The summed E-state index contributed by atoms with van der Waals surface area (Å²) in [5, 5.41) is 8.09. The van der Waals surface area contributed by atoms with E-state index in [9.17, 15) is 0 Å². The van der Waals surface area contributed by atoms with Crippen molar-refractivity contribution in [1.82, 2.24) is 4.98 Å². The minimum Gasteiger partial charge on any atom is -0.339 e. The van der Waals surface area contributed by atoms with Gasteiger partial charge >= 0.3 is 0 Å². The molecule has 1 N–H and O–H groups in total. The number of aliphatic imine (C=N–C) groups is 1. The number of para-hydroxylation sites is 1. The molecule has 6 aromatic carbocycles. The van der Waals surface area contributed by atoms with Crippen molar-refractivity contribution in [3.05, 3.63) is 149 Å². The van der Waals surface area contributed by atoms with E-state index in [0.29, 0.717) is 0 Å². The normalized spacial score (nSPS) is 12.3. The van der Waals surface area contributed by atoms with Gasteiger partial charge in [0.1, 0.15) is 5.82 Å². The molecule has 0 aliphatic rings. The first-order valence-electron chi connectivity index (χ1n) is 14.4. The van der Waals surface area contributed by atoms with Crippen LogP contribution in [-0.4, -0.2) is 23.2 Å². The summed E-state index contributed by atoms with van der Waals surface area (Å²) in [5.74, 6) is 0.855. The lowest BCUT2D eigenvalue weighted by molar-refractivity contribution is 1.36. The molecule has 0 spiro atoms. The van der Waals surface area contributed by atoms with Crippen LogP contribution in [0.25, 0.3) is 55.7 Å². The standard InChI is InChI=1S/C38H28N2.C2H6S/c1-25-11-3-8-16-33(25)36(31-21-19-27-12-4-6-14-29(27)23-31)26(2)39-38-37(34-17-9-10-18-35(34)40-38)32-22-20-28-13-5-7-15-30(28)24-32;1-3-2/h3-24,40H,1H2,2H3;1-2H3/b36-33+,39-26+;. The number of thioether (sulfide) groups is 1. The lowest BCUT2D eigenvalue weighted by atomic mass is 9.95. The molecule has 0 saturated carbocycles. The number of benzene rings is 6. The van der Waals surface area contributed by atoms with Gasteiger partial charge in [0, 0.05) is 27.8 Å². The van der Waals surface area contributed by atoms with Gasteiger partial charge in [-0.25, -0.2) is 4.99 Å². The van der Waals surface area contributed by atoms with Gasteiger partial charge < -0.3 is 4.98 Å². The first kappa shape index (κ1) is 28.3. The smallest absolute Gasteiger partial charge is 0.139 e. The monoisotopic (exact) mass is 574 g/mol. The Hall–Kier alpha value is -4.86. The summed E-state index contributed by atoms with van der Waals surface area (Å²) in [5.41, 5.74) is 6.47. The van der Waals surface area contributed by atoms with Crippen LogP contribution in [0, 0.1) is 0 Å². The van der Waals surface area contributed by atoms with Gasteiger partial charge in [0.15, 0.2) is 0 Å². The molecule has 0 radical (unpaired) electrons. The number of fused-ring (bicyclic) bond motifs is 3. The minimum atomic E-state index is 0.855. The fourth-order valence-electron chi connectivity index (χ4n) is 5.74. The molecule has 0 aliphatic carbocycles. The zero-order valence-corrected chi connectivity index (χ0v) is 25.6. The Bertz CT molecular complexity index is 2220. The van der Waals surface area contributed by atoms with Gasteiger partial charge in [0.25, 0.3) is 0 Å². The molecule has 0 amide bonds. The van der Waals surface area contributed by atoms with E-state index in [1.54, 1.807) is 11.8 Å². The first-order valence-corrected chi connectivity index (χ1v) is 16.0. The van der Waals surface area contributed by atoms with Crippen LogP contribution < -0.4 is 10.4 Å². The molecule has 210 valence electrons. The molecular formula is C40H34N2S. The van der Waals surface area contributed by atoms with Crippen molar-refractivity contribution in [3.63, 3.8) is 0 Å². The highest BCUT2D eigenvalue weighted by Gasteiger charge is 2.16. The number of hydrogen-bond donors (Lipinski definition) is 1. The van der Waals surface area contributed by atoms with Gasteiger partial charge in [-0.15, -0.1) is 0 Å². The molecule has 0 saturated heterocycles. The van der Waals surface area contributed by atoms with E-state index in [-0.39, 0.29) is 0 Å². The van der Waals surface area contributed by atoms with E-state index in [1.165, 1.54) is 21.5 Å². The lowest BCUT2D eigenvalue weighted by Gasteiger charge is -2.11. The second kappa shape index (κ2) is 12.6. The number of aromatic amines is 1. The topological polar surface area (TPSA) is 28.1 Å². The molecule has 1 aromatic heterocycles. The summed E-state index contributed by atoms with van der Waals surface area (Å²) in [4.78, 5) is 8.95. The number of rotatable bonds is 4. The maximum Gasteiger partial charge on any atom is 0.139 e. The largest absolute Gasteiger partial charge is 0.339 e. The Morgan fingerprint density at radius 2 is 1.23 bits per heavy atom.